The number of rotatable bonds is 5. The second-order valence-corrected chi connectivity index (χ2v) is 6.22. The number of hydrogen-bond donors (Lipinski definition) is 2. The highest BCUT2D eigenvalue weighted by atomic mass is 16.5. The minimum absolute atomic E-state index is 0.109. The molecule has 3 N–H and O–H groups in total. The minimum Gasteiger partial charge on any atom is -0.376 e. The summed E-state index contributed by atoms with van der Waals surface area (Å²) in [5.74, 6) is 0.824. The van der Waals surface area contributed by atoms with Crippen molar-refractivity contribution in [2.24, 2.45) is 17.6 Å². The van der Waals surface area contributed by atoms with Crippen molar-refractivity contribution in [3.8, 4) is 0 Å². The van der Waals surface area contributed by atoms with Crippen molar-refractivity contribution in [1.29, 1.82) is 0 Å². The third-order valence-corrected chi connectivity index (χ3v) is 4.69. The van der Waals surface area contributed by atoms with Crippen LogP contribution in [-0.2, 0) is 9.53 Å². The first-order valence-electron chi connectivity index (χ1n) is 7.81. The first-order valence-corrected chi connectivity index (χ1v) is 7.81. The maximum Gasteiger partial charge on any atom is 0.223 e. The van der Waals surface area contributed by atoms with E-state index in [1.165, 1.54) is 25.7 Å². The molecule has 110 valence electrons. The Balaban J connectivity index is 1.58. The highest BCUT2D eigenvalue weighted by Crippen LogP contribution is 2.27. The van der Waals surface area contributed by atoms with Crippen molar-refractivity contribution in [3.05, 3.63) is 0 Å². The maximum atomic E-state index is 12.0. The lowest BCUT2D eigenvalue weighted by Crippen LogP contribution is -2.42. The SMILES string of the molecule is CC1CCC(C(=O)NCCOC2CCCC2)CC1N. The molecule has 0 aromatic heterocycles. The molecule has 0 aliphatic heterocycles. The average Bonchev–Trinajstić information content (AvgIpc) is 2.91. The van der Waals surface area contributed by atoms with Crippen LogP contribution >= 0.6 is 0 Å². The lowest BCUT2D eigenvalue weighted by Gasteiger charge is -2.31. The number of carbonyl (C=O) groups is 1. The quantitative estimate of drug-likeness (QED) is 0.748. The van der Waals surface area contributed by atoms with Crippen LogP contribution in [0.2, 0.25) is 0 Å². The standard InChI is InChI=1S/C15H28N2O2/c1-11-6-7-12(10-14(11)16)15(18)17-8-9-19-13-4-2-3-5-13/h11-14H,2-10,16H2,1H3,(H,17,18). The monoisotopic (exact) mass is 268 g/mol. The molecule has 1 amide bonds. The molecule has 0 radical (unpaired) electrons. The molecular weight excluding hydrogens is 240 g/mol. The van der Waals surface area contributed by atoms with E-state index in [9.17, 15) is 4.79 Å². The number of ether oxygens (including phenoxy) is 1. The van der Waals surface area contributed by atoms with Crippen LogP contribution in [-0.4, -0.2) is 31.2 Å². The van der Waals surface area contributed by atoms with Gasteiger partial charge in [0, 0.05) is 18.5 Å². The number of nitrogens with one attached hydrogen (secondary N) is 1. The fourth-order valence-corrected chi connectivity index (χ4v) is 3.19. The Hall–Kier alpha value is -0.610. The van der Waals surface area contributed by atoms with Crippen molar-refractivity contribution in [3.63, 3.8) is 0 Å². The normalized spacial score (nSPS) is 32.4. The smallest absolute Gasteiger partial charge is 0.223 e. The van der Waals surface area contributed by atoms with Crippen LogP contribution in [0.3, 0.4) is 0 Å². The van der Waals surface area contributed by atoms with Crippen molar-refractivity contribution >= 4 is 5.91 Å². The maximum absolute atomic E-state index is 12.0. The van der Waals surface area contributed by atoms with E-state index >= 15 is 0 Å². The van der Waals surface area contributed by atoms with Crippen LogP contribution in [0.5, 0.6) is 0 Å². The van der Waals surface area contributed by atoms with Gasteiger partial charge in [-0.2, -0.15) is 0 Å². The van der Waals surface area contributed by atoms with Crippen LogP contribution in [0.4, 0.5) is 0 Å². The van der Waals surface area contributed by atoms with E-state index in [1.54, 1.807) is 0 Å². The van der Waals surface area contributed by atoms with Crippen LogP contribution in [0.15, 0.2) is 0 Å². The van der Waals surface area contributed by atoms with Gasteiger partial charge < -0.3 is 15.8 Å². The summed E-state index contributed by atoms with van der Waals surface area (Å²) in [5.41, 5.74) is 6.04. The lowest BCUT2D eigenvalue weighted by atomic mass is 9.79. The Morgan fingerprint density at radius 2 is 2.00 bits per heavy atom. The summed E-state index contributed by atoms with van der Waals surface area (Å²) in [7, 11) is 0. The molecule has 0 saturated heterocycles. The van der Waals surface area contributed by atoms with Gasteiger partial charge in [0.2, 0.25) is 5.91 Å². The van der Waals surface area contributed by atoms with Crippen molar-refractivity contribution in [2.75, 3.05) is 13.2 Å². The van der Waals surface area contributed by atoms with E-state index in [1.807, 2.05) is 0 Å². The van der Waals surface area contributed by atoms with Gasteiger partial charge in [-0.25, -0.2) is 0 Å². The number of amides is 1. The summed E-state index contributed by atoms with van der Waals surface area (Å²) in [6.45, 7) is 3.45. The molecular formula is C15H28N2O2. The molecule has 4 heteroatoms. The number of nitrogens with two attached hydrogens (primary N) is 1. The van der Waals surface area contributed by atoms with E-state index in [0.29, 0.717) is 25.2 Å². The predicted molar refractivity (Wildman–Crippen MR) is 75.7 cm³/mol. The van der Waals surface area contributed by atoms with Gasteiger partial charge >= 0.3 is 0 Å². The van der Waals surface area contributed by atoms with E-state index in [0.717, 1.165) is 19.3 Å². The molecule has 2 aliphatic carbocycles. The summed E-state index contributed by atoms with van der Waals surface area (Å²) in [5, 5.41) is 2.99. The molecule has 0 spiro atoms. The van der Waals surface area contributed by atoms with Gasteiger partial charge in [-0.05, 0) is 38.0 Å². The molecule has 0 aromatic rings. The summed E-state index contributed by atoms with van der Waals surface area (Å²) < 4.78 is 5.74. The Labute approximate surface area is 116 Å². The van der Waals surface area contributed by atoms with E-state index < -0.39 is 0 Å². The van der Waals surface area contributed by atoms with E-state index in [4.69, 9.17) is 10.5 Å². The first-order chi connectivity index (χ1) is 9.16. The van der Waals surface area contributed by atoms with Crippen molar-refractivity contribution in [1.82, 2.24) is 5.32 Å². The fraction of sp³-hybridized carbons (Fsp3) is 0.933. The largest absolute Gasteiger partial charge is 0.376 e. The molecule has 0 aromatic carbocycles. The van der Waals surface area contributed by atoms with Gasteiger partial charge in [0.15, 0.2) is 0 Å². The molecule has 3 unspecified atom stereocenters. The van der Waals surface area contributed by atoms with Crippen molar-refractivity contribution in [2.45, 2.75) is 64.0 Å². The average molecular weight is 268 g/mol. The molecule has 2 rings (SSSR count). The summed E-state index contributed by atoms with van der Waals surface area (Å²) in [4.78, 5) is 12.0. The minimum atomic E-state index is 0.109. The summed E-state index contributed by atoms with van der Waals surface area (Å²) >= 11 is 0. The molecule has 4 nitrogen and oxygen atoms in total. The van der Waals surface area contributed by atoms with E-state index in [2.05, 4.69) is 12.2 Å². The molecule has 0 heterocycles. The molecule has 2 fully saturated rings. The molecule has 0 bridgehead atoms. The first kappa shape index (κ1) is 14.8. The Morgan fingerprint density at radius 3 is 2.68 bits per heavy atom. The second-order valence-electron chi connectivity index (χ2n) is 6.22. The molecule has 2 saturated carbocycles. The number of carbonyl (C=O) groups excluding carboxylic acids is 1. The van der Waals surface area contributed by atoms with Crippen molar-refractivity contribution < 1.29 is 9.53 Å². The van der Waals surface area contributed by atoms with Gasteiger partial charge in [-0.1, -0.05) is 19.8 Å². The van der Waals surface area contributed by atoms with Crippen LogP contribution < -0.4 is 11.1 Å². The number of hydrogen-bond acceptors (Lipinski definition) is 3. The molecule has 19 heavy (non-hydrogen) atoms. The van der Waals surface area contributed by atoms with Gasteiger partial charge in [-0.15, -0.1) is 0 Å². The fourth-order valence-electron chi connectivity index (χ4n) is 3.19. The van der Waals surface area contributed by atoms with Gasteiger partial charge in [-0.3, -0.25) is 4.79 Å². The Morgan fingerprint density at radius 1 is 1.26 bits per heavy atom. The highest BCUT2D eigenvalue weighted by molar-refractivity contribution is 5.78. The van der Waals surface area contributed by atoms with Gasteiger partial charge in [0.25, 0.3) is 0 Å². The van der Waals surface area contributed by atoms with E-state index in [-0.39, 0.29) is 17.9 Å². The van der Waals surface area contributed by atoms with Crippen LogP contribution in [0.1, 0.15) is 51.9 Å². The molecule has 3 atom stereocenters. The van der Waals surface area contributed by atoms with Gasteiger partial charge in [0.1, 0.15) is 0 Å². The third-order valence-electron chi connectivity index (χ3n) is 4.69. The molecule has 2 aliphatic rings. The zero-order valence-electron chi connectivity index (χ0n) is 12.1. The Bertz CT molecular complexity index is 290. The van der Waals surface area contributed by atoms with Crippen LogP contribution in [0.25, 0.3) is 0 Å². The summed E-state index contributed by atoms with van der Waals surface area (Å²) in [6.07, 6.45) is 8.25. The van der Waals surface area contributed by atoms with Gasteiger partial charge in [0.05, 0.1) is 12.7 Å². The lowest BCUT2D eigenvalue weighted by molar-refractivity contribution is -0.126. The zero-order valence-corrected chi connectivity index (χ0v) is 12.1. The van der Waals surface area contributed by atoms with Crippen LogP contribution in [0, 0.1) is 11.8 Å². The third kappa shape index (κ3) is 4.46. The topological polar surface area (TPSA) is 64.3 Å². The highest BCUT2D eigenvalue weighted by Gasteiger charge is 2.29. The summed E-state index contributed by atoms with van der Waals surface area (Å²) in [6, 6.07) is 0.180. The predicted octanol–water partition coefficient (Wildman–Crippen LogP) is 1.83. The zero-order chi connectivity index (χ0) is 13.7. The second kappa shape index (κ2) is 7.25. The Kier molecular flexibility index (Phi) is 5.64.